The van der Waals surface area contributed by atoms with Gasteiger partial charge in [0.1, 0.15) is 5.00 Å². The summed E-state index contributed by atoms with van der Waals surface area (Å²) in [5, 5.41) is 3.32. The van der Waals surface area contributed by atoms with E-state index in [1.807, 2.05) is 0 Å². The minimum absolute atomic E-state index is 0.0124. The Balaban J connectivity index is 1.69. The van der Waals surface area contributed by atoms with Crippen molar-refractivity contribution in [2.45, 2.75) is 25.7 Å². The molecule has 10 heteroatoms. The van der Waals surface area contributed by atoms with Gasteiger partial charge in [0.2, 0.25) is 0 Å². The highest BCUT2D eigenvalue weighted by Crippen LogP contribution is 2.37. The van der Waals surface area contributed by atoms with Crippen LogP contribution in [0.25, 0.3) is 0 Å². The highest BCUT2D eigenvalue weighted by molar-refractivity contribution is 7.17. The van der Waals surface area contributed by atoms with Crippen LogP contribution in [0.1, 0.15) is 44.0 Å². The Morgan fingerprint density at radius 1 is 1.18 bits per heavy atom. The molecule has 1 aliphatic carbocycles. The fourth-order valence-electron chi connectivity index (χ4n) is 3.04. The first kappa shape index (κ1) is 20.4. The van der Waals surface area contributed by atoms with E-state index in [0.717, 1.165) is 36.1 Å². The van der Waals surface area contributed by atoms with Crippen LogP contribution in [0.15, 0.2) is 12.1 Å². The maximum atomic E-state index is 12.2. The summed E-state index contributed by atoms with van der Waals surface area (Å²) in [4.78, 5) is 37.3. The topological polar surface area (TPSA) is 125 Å². The molecule has 0 bridgehead atoms. The Kier molecular flexibility index (Phi) is 6.12. The lowest BCUT2D eigenvalue weighted by Gasteiger charge is -2.11. The van der Waals surface area contributed by atoms with Gasteiger partial charge in [-0.2, -0.15) is 0 Å². The molecule has 0 aliphatic heterocycles. The molecule has 3 rings (SSSR count). The molecule has 7 nitrogen and oxygen atoms in total. The van der Waals surface area contributed by atoms with E-state index in [-0.39, 0.29) is 21.3 Å². The van der Waals surface area contributed by atoms with Gasteiger partial charge in [0.15, 0.2) is 6.61 Å². The number of thiophene rings is 1. The van der Waals surface area contributed by atoms with Gasteiger partial charge in [0, 0.05) is 9.90 Å². The van der Waals surface area contributed by atoms with E-state index < -0.39 is 24.4 Å². The summed E-state index contributed by atoms with van der Waals surface area (Å²) >= 11 is 13.1. The summed E-state index contributed by atoms with van der Waals surface area (Å²) in [5.74, 6) is -2.02. The highest BCUT2D eigenvalue weighted by atomic mass is 35.5. The summed E-state index contributed by atoms with van der Waals surface area (Å²) in [6.07, 6.45) is 3.60. The molecule has 0 radical (unpaired) electrons. The van der Waals surface area contributed by atoms with Crippen molar-refractivity contribution in [2.24, 2.45) is 5.73 Å². The molecular weight excluding hydrogens is 425 g/mol. The zero-order valence-electron chi connectivity index (χ0n) is 14.6. The third-order valence-corrected chi connectivity index (χ3v) is 6.06. The molecule has 1 aromatic carbocycles. The Bertz CT molecular complexity index is 974. The molecule has 0 atom stereocenters. The molecule has 0 spiro atoms. The minimum atomic E-state index is -0.836. The fourth-order valence-corrected chi connectivity index (χ4v) is 4.84. The van der Waals surface area contributed by atoms with E-state index in [1.54, 1.807) is 0 Å². The Morgan fingerprint density at radius 3 is 2.61 bits per heavy atom. The fraction of sp³-hybridized carbons (Fsp3) is 0.278. The number of amides is 2. The standard InChI is InChI=1S/C18H17Cl2N3O4S/c19-8-5-10(15(21)11(20)6-8)18(26)27-7-13(24)23-17-14(16(22)25)9-3-1-2-4-12(9)28-17/h5-6H,1-4,7,21H2,(H2,22,25)(H,23,24). The van der Waals surface area contributed by atoms with Crippen LogP contribution in [-0.4, -0.2) is 24.4 Å². The number of hydrogen-bond donors (Lipinski definition) is 3. The van der Waals surface area contributed by atoms with Gasteiger partial charge in [0.25, 0.3) is 11.8 Å². The van der Waals surface area contributed by atoms with Gasteiger partial charge in [-0.05, 0) is 43.4 Å². The summed E-state index contributed by atoms with van der Waals surface area (Å²) < 4.78 is 5.00. The van der Waals surface area contributed by atoms with Gasteiger partial charge in [-0.3, -0.25) is 9.59 Å². The van der Waals surface area contributed by atoms with Crippen molar-refractivity contribution in [2.75, 3.05) is 17.7 Å². The number of halogens is 2. The van der Waals surface area contributed by atoms with Crippen LogP contribution in [0.4, 0.5) is 10.7 Å². The predicted molar refractivity (Wildman–Crippen MR) is 109 cm³/mol. The summed E-state index contributed by atoms with van der Waals surface area (Å²) in [5.41, 5.74) is 12.5. The third-order valence-electron chi connectivity index (χ3n) is 4.32. The summed E-state index contributed by atoms with van der Waals surface area (Å²) in [6.45, 7) is -0.566. The van der Waals surface area contributed by atoms with Crippen molar-refractivity contribution in [1.82, 2.24) is 0 Å². The molecule has 0 saturated heterocycles. The number of nitrogens with two attached hydrogens (primary N) is 2. The van der Waals surface area contributed by atoms with E-state index in [2.05, 4.69) is 5.32 Å². The predicted octanol–water partition coefficient (Wildman–Crippen LogP) is 3.41. The minimum Gasteiger partial charge on any atom is -0.452 e. The number of nitrogens with one attached hydrogen (secondary N) is 1. The first-order valence-corrected chi connectivity index (χ1v) is 10.0. The van der Waals surface area contributed by atoms with Crippen LogP contribution in [-0.2, 0) is 22.4 Å². The molecule has 1 aromatic heterocycles. The van der Waals surface area contributed by atoms with Crippen molar-refractivity contribution < 1.29 is 19.1 Å². The lowest BCUT2D eigenvalue weighted by molar-refractivity contribution is -0.119. The number of carbonyl (C=O) groups excluding carboxylic acids is 3. The number of carbonyl (C=O) groups is 3. The van der Waals surface area contributed by atoms with Crippen LogP contribution in [0.5, 0.6) is 0 Å². The van der Waals surface area contributed by atoms with Crippen molar-refractivity contribution in [3.8, 4) is 0 Å². The van der Waals surface area contributed by atoms with Crippen LogP contribution < -0.4 is 16.8 Å². The second-order valence-electron chi connectivity index (χ2n) is 6.25. The smallest absolute Gasteiger partial charge is 0.340 e. The molecular formula is C18H17Cl2N3O4S. The SMILES string of the molecule is NC(=O)c1c(NC(=O)COC(=O)c2cc(Cl)cc(Cl)c2N)sc2c1CCCC2. The van der Waals surface area contributed by atoms with Crippen molar-refractivity contribution in [3.05, 3.63) is 43.7 Å². The van der Waals surface area contributed by atoms with Gasteiger partial charge in [-0.15, -0.1) is 11.3 Å². The van der Waals surface area contributed by atoms with Gasteiger partial charge in [-0.1, -0.05) is 23.2 Å². The first-order chi connectivity index (χ1) is 13.3. The number of fused-ring (bicyclic) bond motifs is 1. The van der Waals surface area contributed by atoms with Crippen LogP contribution in [0.3, 0.4) is 0 Å². The average molecular weight is 442 g/mol. The van der Waals surface area contributed by atoms with Crippen LogP contribution in [0, 0.1) is 0 Å². The number of ether oxygens (including phenoxy) is 1. The van der Waals surface area contributed by atoms with Crippen LogP contribution in [0.2, 0.25) is 10.0 Å². The van der Waals surface area contributed by atoms with E-state index >= 15 is 0 Å². The average Bonchev–Trinajstić information content (AvgIpc) is 3.00. The van der Waals surface area contributed by atoms with Gasteiger partial charge in [-0.25, -0.2) is 4.79 Å². The van der Waals surface area contributed by atoms with E-state index in [4.69, 9.17) is 39.4 Å². The van der Waals surface area contributed by atoms with Gasteiger partial charge < -0.3 is 21.5 Å². The highest BCUT2D eigenvalue weighted by Gasteiger charge is 2.25. The maximum Gasteiger partial charge on any atom is 0.340 e. The Hall–Kier alpha value is -2.29. The zero-order valence-corrected chi connectivity index (χ0v) is 17.0. The molecule has 2 aromatic rings. The van der Waals surface area contributed by atoms with Crippen molar-refractivity contribution in [1.29, 1.82) is 0 Å². The van der Waals surface area contributed by atoms with Gasteiger partial charge >= 0.3 is 5.97 Å². The number of aryl methyl sites for hydroxylation is 1. The lowest BCUT2D eigenvalue weighted by atomic mass is 9.95. The third kappa shape index (κ3) is 4.24. The lowest BCUT2D eigenvalue weighted by Crippen LogP contribution is -2.23. The molecule has 0 saturated carbocycles. The molecule has 2 amide bonds. The quantitative estimate of drug-likeness (QED) is 0.484. The Morgan fingerprint density at radius 2 is 1.89 bits per heavy atom. The monoisotopic (exact) mass is 441 g/mol. The van der Waals surface area contributed by atoms with Gasteiger partial charge in [0.05, 0.1) is 21.8 Å². The summed E-state index contributed by atoms with van der Waals surface area (Å²) in [7, 11) is 0. The maximum absolute atomic E-state index is 12.2. The normalized spacial score (nSPS) is 12.9. The first-order valence-electron chi connectivity index (χ1n) is 8.43. The number of benzene rings is 1. The Labute approximate surface area is 174 Å². The number of primary amides is 1. The molecule has 148 valence electrons. The number of rotatable bonds is 5. The molecule has 28 heavy (non-hydrogen) atoms. The van der Waals surface area contributed by atoms with E-state index in [0.29, 0.717) is 10.6 Å². The molecule has 0 unspecified atom stereocenters. The van der Waals surface area contributed by atoms with E-state index in [1.165, 1.54) is 23.5 Å². The second kappa shape index (κ2) is 8.38. The molecule has 1 heterocycles. The van der Waals surface area contributed by atoms with E-state index in [9.17, 15) is 14.4 Å². The largest absolute Gasteiger partial charge is 0.452 e. The molecule has 0 fully saturated rings. The number of esters is 1. The summed E-state index contributed by atoms with van der Waals surface area (Å²) in [6, 6.07) is 2.70. The molecule has 1 aliphatic rings. The zero-order chi connectivity index (χ0) is 20.4. The molecule has 5 N–H and O–H groups in total. The number of nitrogen functional groups attached to an aromatic ring is 1. The number of hydrogen-bond acceptors (Lipinski definition) is 6. The van der Waals surface area contributed by atoms with Crippen LogP contribution >= 0.6 is 34.5 Å². The van der Waals surface area contributed by atoms with Crippen molar-refractivity contribution >= 4 is 63.0 Å². The number of anilines is 2. The second-order valence-corrected chi connectivity index (χ2v) is 8.20. The van der Waals surface area contributed by atoms with Crippen molar-refractivity contribution in [3.63, 3.8) is 0 Å².